The van der Waals surface area contributed by atoms with Gasteiger partial charge in [0.2, 0.25) is 0 Å². The van der Waals surface area contributed by atoms with E-state index in [-0.39, 0.29) is 12.2 Å². The second-order valence-corrected chi connectivity index (χ2v) is 4.88. The van der Waals surface area contributed by atoms with Gasteiger partial charge in [-0.25, -0.2) is 4.79 Å². The Labute approximate surface area is 119 Å². The maximum absolute atomic E-state index is 10.7. The molecule has 0 spiro atoms. The Hall–Kier alpha value is -1.59. The molecule has 0 unspecified atom stereocenters. The Morgan fingerprint density at radius 2 is 1.90 bits per heavy atom. The fourth-order valence-corrected chi connectivity index (χ4v) is 1.88. The summed E-state index contributed by atoms with van der Waals surface area (Å²) in [4.78, 5) is 13.0. The lowest BCUT2D eigenvalue weighted by atomic mass is 10.2. The maximum atomic E-state index is 10.7. The minimum Gasteiger partial charge on any atom is -0.492 e. The number of aromatic carboxylic acids is 1. The zero-order valence-electron chi connectivity index (χ0n) is 12.1. The van der Waals surface area contributed by atoms with E-state index in [9.17, 15) is 4.79 Å². The molecular weight excluding hydrogens is 258 g/mol. The summed E-state index contributed by atoms with van der Waals surface area (Å²) in [5.74, 6) is -0.271. The molecule has 0 fully saturated rings. The van der Waals surface area contributed by atoms with E-state index in [4.69, 9.17) is 14.9 Å². The van der Waals surface area contributed by atoms with Crippen molar-refractivity contribution in [3.63, 3.8) is 0 Å². The first-order valence-electron chi connectivity index (χ1n) is 6.85. The van der Waals surface area contributed by atoms with E-state index in [1.807, 2.05) is 0 Å². The van der Waals surface area contributed by atoms with Crippen molar-refractivity contribution in [2.45, 2.75) is 26.3 Å². The van der Waals surface area contributed by atoms with Gasteiger partial charge in [0.15, 0.2) is 0 Å². The van der Waals surface area contributed by atoms with Crippen molar-refractivity contribution in [1.29, 1.82) is 0 Å². The molecule has 0 radical (unpaired) electrons. The number of benzene rings is 1. The van der Waals surface area contributed by atoms with Crippen molar-refractivity contribution >= 4 is 5.97 Å². The number of aliphatic hydroxyl groups is 1. The molecule has 2 N–H and O–H groups in total. The van der Waals surface area contributed by atoms with Gasteiger partial charge in [-0.1, -0.05) is 0 Å². The van der Waals surface area contributed by atoms with Gasteiger partial charge in [-0.05, 0) is 44.5 Å². The molecule has 0 saturated carbocycles. The van der Waals surface area contributed by atoms with Gasteiger partial charge < -0.3 is 14.9 Å². The van der Waals surface area contributed by atoms with Crippen molar-refractivity contribution in [1.82, 2.24) is 4.90 Å². The molecule has 0 saturated heterocycles. The second kappa shape index (κ2) is 8.55. The van der Waals surface area contributed by atoms with Crippen molar-refractivity contribution in [3.05, 3.63) is 29.8 Å². The monoisotopic (exact) mass is 281 g/mol. The van der Waals surface area contributed by atoms with E-state index in [0.717, 1.165) is 19.5 Å². The van der Waals surface area contributed by atoms with E-state index in [0.29, 0.717) is 18.4 Å². The molecule has 0 aliphatic heterocycles. The van der Waals surface area contributed by atoms with Crippen LogP contribution in [0.5, 0.6) is 5.75 Å². The van der Waals surface area contributed by atoms with Crippen LogP contribution in [0.25, 0.3) is 0 Å². The van der Waals surface area contributed by atoms with Gasteiger partial charge in [0.1, 0.15) is 12.4 Å². The van der Waals surface area contributed by atoms with Crippen LogP contribution in [0.1, 0.15) is 30.6 Å². The van der Waals surface area contributed by atoms with Crippen LogP contribution in [0, 0.1) is 0 Å². The smallest absolute Gasteiger partial charge is 0.335 e. The molecule has 0 bridgehead atoms. The summed E-state index contributed by atoms with van der Waals surface area (Å²) >= 11 is 0. The first kappa shape index (κ1) is 16.5. The molecule has 5 heteroatoms. The quantitative estimate of drug-likeness (QED) is 0.723. The first-order valence-corrected chi connectivity index (χ1v) is 6.85. The molecule has 5 nitrogen and oxygen atoms in total. The minimum atomic E-state index is -0.938. The van der Waals surface area contributed by atoms with Crippen LogP contribution in [-0.4, -0.2) is 53.4 Å². The number of nitrogens with zero attached hydrogens (tertiary/aromatic N) is 1. The highest BCUT2D eigenvalue weighted by Crippen LogP contribution is 2.12. The molecule has 1 aromatic rings. The Kier molecular flexibility index (Phi) is 7.04. The van der Waals surface area contributed by atoms with Crippen LogP contribution in [-0.2, 0) is 0 Å². The summed E-state index contributed by atoms with van der Waals surface area (Å²) in [7, 11) is 0. The first-order chi connectivity index (χ1) is 9.54. The second-order valence-electron chi connectivity index (χ2n) is 4.88. The highest BCUT2D eigenvalue weighted by molar-refractivity contribution is 5.87. The fraction of sp³-hybridized carbons (Fsp3) is 0.533. The summed E-state index contributed by atoms with van der Waals surface area (Å²) in [6.07, 6.45) is 0.755. The number of carboxylic acid groups (broad SMARTS) is 1. The Bertz CT molecular complexity index is 403. The van der Waals surface area contributed by atoms with Crippen LogP contribution in [0.4, 0.5) is 0 Å². The summed E-state index contributed by atoms with van der Waals surface area (Å²) < 4.78 is 5.60. The maximum Gasteiger partial charge on any atom is 0.335 e. The van der Waals surface area contributed by atoms with E-state index in [2.05, 4.69) is 18.7 Å². The summed E-state index contributed by atoms with van der Waals surface area (Å²) in [6, 6.07) is 6.79. The molecule has 0 aromatic heterocycles. The predicted molar refractivity (Wildman–Crippen MR) is 77.3 cm³/mol. The summed E-state index contributed by atoms with van der Waals surface area (Å²) in [5.41, 5.74) is 0.254. The standard InChI is InChI=1S/C15H23NO4/c1-12(2)16(8-3-10-17)9-11-20-14-6-4-13(5-7-14)15(18)19/h4-7,12,17H,3,8-11H2,1-2H3,(H,18,19). The number of hydrogen-bond acceptors (Lipinski definition) is 4. The van der Waals surface area contributed by atoms with Gasteiger partial charge in [0.25, 0.3) is 0 Å². The molecular formula is C15H23NO4. The van der Waals surface area contributed by atoms with Crippen molar-refractivity contribution in [2.75, 3.05) is 26.3 Å². The Balaban J connectivity index is 2.40. The van der Waals surface area contributed by atoms with Gasteiger partial charge in [0.05, 0.1) is 5.56 Å². The zero-order valence-corrected chi connectivity index (χ0v) is 12.1. The van der Waals surface area contributed by atoms with E-state index in [1.165, 1.54) is 12.1 Å². The largest absolute Gasteiger partial charge is 0.492 e. The molecule has 0 aliphatic carbocycles. The van der Waals surface area contributed by atoms with Crippen molar-refractivity contribution in [2.24, 2.45) is 0 Å². The average Bonchev–Trinajstić information content (AvgIpc) is 2.42. The highest BCUT2D eigenvalue weighted by Gasteiger charge is 2.09. The lowest BCUT2D eigenvalue weighted by Crippen LogP contribution is -2.35. The average molecular weight is 281 g/mol. The molecule has 0 atom stereocenters. The number of ether oxygens (including phenoxy) is 1. The zero-order chi connectivity index (χ0) is 15.0. The van der Waals surface area contributed by atoms with Gasteiger partial charge in [-0.3, -0.25) is 4.90 Å². The predicted octanol–water partition coefficient (Wildman–Crippen LogP) is 1.86. The molecule has 1 aromatic carbocycles. The fourth-order valence-electron chi connectivity index (χ4n) is 1.88. The van der Waals surface area contributed by atoms with Gasteiger partial charge in [0, 0.05) is 25.7 Å². The van der Waals surface area contributed by atoms with Gasteiger partial charge in [-0.2, -0.15) is 0 Å². The van der Waals surface area contributed by atoms with Crippen molar-refractivity contribution < 1.29 is 19.7 Å². The molecule has 112 valence electrons. The Morgan fingerprint density at radius 1 is 1.25 bits per heavy atom. The minimum absolute atomic E-state index is 0.195. The van der Waals surface area contributed by atoms with Gasteiger partial charge >= 0.3 is 5.97 Å². The van der Waals surface area contributed by atoms with Crippen LogP contribution in [0.3, 0.4) is 0 Å². The summed E-state index contributed by atoms with van der Waals surface area (Å²) in [6.45, 7) is 6.57. The molecule has 0 amide bonds. The lowest BCUT2D eigenvalue weighted by Gasteiger charge is -2.26. The third-order valence-corrected chi connectivity index (χ3v) is 3.08. The van der Waals surface area contributed by atoms with Crippen LogP contribution in [0.2, 0.25) is 0 Å². The molecule has 20 heavy (non-hydrogen) atoms. The number of rotatable bonds is 9. The van der Waals surface area contributed by atoms with Gasteiger partial charge in [-0.15, -0.1) is 0 Å². The third kappa shape index (κ3) is 5.59. The molecule has 0 aliphatic rings. The van der Waals surface area contributed by atoms with E-state index < -0.39 is 5.97 Å². The summed E-state index contributed by atoms with van der Waals surface area (Å²) in [5, 5.41) is 17.7. The Morgan fingerprint density at radius 3 is 2.40 bits per heavy atom. The third-order valence-electron chi connectivity index (χ3n) is 3.08. The van der Waals surface area contributed by atoms with Crippen molar-refractivity contribution in [3.8, 4) is 5.75 Å². The van der Waals surface area contributed by atoms with E-state index >= 15 is 0 Å². The SMILES string of the molecule is CC(C)N(CCCO)CCOc1ccc(C(=O)O)cc1. The van der Waals surface area contributed by atoms with Crippen LogP contribution >= 0.6 is 0 Å². The number of aliphatic hydroxyl groups excluding tert-OH is 1. The number of hydrogen-bond donors (Lipinski definition) is 2. The normalized spacial score (nSPS) is 11.1. The highest BCUT2D eigenvalue weighted by atomic mass is 16.5. The topological polar surface area (TPSA) is 70.0 Å². The van der Waals surface area contributed by atoms with Crippen LogP contribution in [0.15, 0.2) is 24.3 Å². The van der Waals surface area contributed by atoms with Crippen LogP contribution < -0.4 is 4.74 Å². The lowest BCUT2D eigenvalue weighted by molar-refractivity contribution is 0.0697. The molecule has 1 rings (SSSR count). The number of carbonyl (C=O) groups is 1. The molecule has 0 heterocycles. The number of carboxylic acids is 1. The van der Waals surface area contributed by atoms with E-state index in [1.54, 1.807) is 12.1 Å².